The molecule has 0 aliphatic rings. The molecule has 0 heterocycles. The minimum Gasteiger partial charge on any atom is -0.481 e. The molecule has 0 bridgehead atoms. The first-order chi connectivity index (χ1) is 13.3. The van der Waals surface area contributed by atoms with Crippen molar-refractivity contribution in [1.29, 1.82) is 0 Å². The molecule has 0 spiro atoms. The first-order valence-electron chi connectivity index (χ1n) is 12.6. The normalized spacial score (nSPS) is 12.2. The molecule has 28 heavy (non-hydrogen) atoms. The smallest absolute Gasteiger partial charge is 0.309 e. The molecule has 0 saturated carbocycles. The van der Waals surface area contributed by atoms with Crippen molar-refractivity contribution in [1.82, 2.24) is 0 Å². The van der Waals surface area contributed by atoms with Crippen LogP contribution in [0.5, 0.6) is 0 Å². The number of aliphatic carboxylic acids is 1. The Morgan fingerprint density at radius 1 is 0.643 bits per heavy atom. The summed E-state index contributed by atoms with van der Waals surface area (Å²) in [7, 11) is 0. The van der Waals surface area contributed by atoms with E-state index in [-0.39, 0.29) is 0 Å². The lowest BCUT2D eigenvalue weighted by Gasteiger charge is -2.33. The van der Waals surface area contributed by atoms with Crippen molar-refractivity contribution >= 4 is 5.97 Å². The van der Waals surface area contributed by atoms with Crippen molar-refractivity contribution in [3.05, 3.63) is 0 Å². The molecule has 0 aromatic carbocycles. The zero-order valence-electron chi connectivity index (χ0n) is 20.0. The number of rotatable bonds is 20. The van der Waals surface area contributed by atoms with Gasteiger partial charge in [-0.2, -0.15) is 0 Å². The number of hydrogen-bond donors (Lipinski definition) is 1. The molecule has 0 unspecified atom stereocenters. The van der Waals surface area contributed by atoms with Gasteiger partial charge in [0.25, 0.3) is 0 Å². The summed E-state index contributed by atoms with van der Waals surface area (Å²) in [5.74, 6) is 0.326. The van der Waals surface area contributed by atoms with Crippen LogP contribution in [0.3, 0.4) is 0 Å². The Morgan fingerprint density at radius 3 is 1.25 bits per heavy atom. The Bertz CT molecular complexity index is 349. The van der Waals surface area contributed by atoms with Crippen molar-refractivity contribution in [3.8, 4) is 0 Å². The second-order valence-corrected chi connectivity index (χ2v) is 10.1. The van der Waals surface area contributed by atoms with Crippen molar-refractivity contribution in [2.45, 2.75) is 144 Å². The summed E-state index contributed by atoms with van der Waals surface area (Å²) in [6.45, 7) is 10.9. The molecule has 0 aliphatic carbocycles. The Morgan fingerprint density at radius 2 is 0.964 bits per heavy atom. The molecule has 0 rings (SSSR count). The van der Waals surface area contributed by atoms with E-state index in [0.717, 1.165) is 25.7 Å². The minimum atomic E-state index is -0.565. The lowest BCUT2D eigenvalue weighted by Crippen LogP contribution is -2.34. The van der Waals surface area contributed by atoms with Crippen molar-refractivity contribution < 1.29 is 9.90 Å². The van der Waals surface area contributed by atoms with Gasteiger partial charge in [-0.3, -0.25) is 4.79 Å². The average molecular weight is 397 g/mol. The summed E-state index contributed by atoms with van der Waals surface area (Å²) in [5, 5.41) is 9.93. The van der Waals surface area contributed by atoms with Crippen LogP contribution in [-0.2, 0) is 4.79 Å². The van der Waals surface area contributed by atoms with Gasteiger partial charge in [0.15, 0.2) is 0 Å². The predicted octanol–water partition coefficient (Wildman–Crippen LogP) is 9.02. The minimum absolute atomic E-state index is 0.446. The van der Waals surface area contributed by atoms with E-state index >= 15 is 0 Å². The number of carbonyl (C=O) groups is 1. The molecular formula is C26H52O2. The quantitative estimate of drug-likeness (QED) is 0.208. The maximum absolute atomic E-state index is 12.1. The van der Waals surface area contributed by atoms with Crippen molar-refractivity contribution in [2.24, 2.45) is 17.3 Å². The van der Waals surface area contributed by atoms with Crippen LogP contribution in [0.4, 0.5) is 0 Å². The van der Waals surface area contributed by atoms with Crippen LogP contribution in [0.1, 0.15) is 144 Å². The molecule has 0 radical (unpaired) electrons. The lowest BCUT2D eigenvalue weighted by atomic mass is 9.71. The van der Waals surface area contributed by atoms with Gasteiger partial charge in [0, 0.05) is 0 Å². The lowest BCUT2D eigenvalue weighted by molar-refractivity contribution is -0.152. The number of carboxylic acids is 1. The van der Waals surface area contributed by atoms with Crippen LogP contribution in [-0.4, -0.2) is 11.1 Å². The molecule has 0 amide bonds. The third-order valence-corrected chi connectivity index (χ3v) is 6.06. The van der Waals surface area contributed by atoms with E-state index in [1.165, 1.54) is 83.5 Å². The van der Waals surface area contributed by atoms with Gasteiger partial charge in [0.1, 0.15) is 0 Å². The van der Waals surface area contributed by atoms with Gasteiger partial charge in [-0.1, -0.05) is 125 Å². The largest absolute Gasteiger partial charge is 0.481 e. The van der Waals surface area contributed by atoms with Gasteiger partial charge < -0.3 is 5.11 Å². The molecule has 0 aliphatic heterocycles. The van der Waals surface area contributed by atoms with Crippen LogP contribution >= 0.6 is 0 Å². The molecule has 2 nitrogen and oxygen atoms in total. The summed E-state index contributed by atoms with van der Waals surface area (Å²) in [6.07, 6.45) is 21.4. The van der Waals surface area contributed by atoms with Crippen LogP contribution in [0.15, 0.2) is 0 Å². The van der Waals surface area contributed by atoms with E-state index in [2.05, 4.69) is 34.6 Å². The van der Waals surface area contributed by atoms with E-state index in [4.69, 9.17) is 0 Å². The summed E-state index contributed by atoms with van der Waals surface area (Å²) in [6, 6.07) is 0. The molecule has 1 N–H and O–H groups in total. The number of unbranched alkanes of at least 4 members (excludes halogenated alkanes) is 13. The standard InChI is InChI=1S/C26H52O2/c1-6-7-8-9-10-11-12-13-14-15-16-17-18-19-20-26(25(27)28,21-23(2)3)22-24(4)5/h23-24H,6-22H2,1-5H3,(H,27,28). The van der Waals surface area contributed by atoms with Gasteiger partial charge in [-0.15, -0.1) is 0 Å². The van der Waals surface area contributed by atoms with Gasteiger partial charge >= 0.3 is 5.97 Å². The van der Waals surface area contributed by atoms with Gasteiger partial charge in [-0.25, -0.2) is 0 Å². The highest BCUT2D eigenvalue weighted by molar-refractivity contribution is 5.74. The molecule has 0 atom stereocenters. The van der Waals surface area contributed by atoms with Crippen molar-refractivity contribution in [3.63, 3.8) is 0 Å². The van der Waals surface area contributed by atoms with E-state index in [1.807, 2.05) is 0 Å². The van der Waals surface area contributed by atoms with Crippen molar-refractivity contribution in [2.75, 3.05) is 0 Å². The van der Waals surface area contributed by atoms with Crippen LogP contribution < -0.4 is 0 Å². The molecule has 168 valence electrons. The fourth-order valence-electron chi connectivity index (χ4n) is 4.79. The van der Waals surface area contributed by atoms with Gasteiger partial charge in [0.2, 0.25) is 0 Å². The van der Waals surface area contributed by atoms with Gasteiger partial charge in [-0.05, 0) is 31.1 Å². The van der Waals surface area contributed by atoms with Crippen LogP contribution in [0.2, 0.25) is 0 Å². The van der Waals surface area contributed by atoms with E-state index in [9.17, 15) is 9.90 Å². The highest BCUT2D eigenvalue weighted by Crippen LogP contribution is 2.39. The first-order valence-corrected chi connectivity index (χ1v) is 12.6. The zero-order valence-corrected chi connectivity index (χ0v) is 20.0. The second kappa shape index (κ2) is 17.3. The maximum atomic E-state index is 12.1. The zero-order chi connectivity index (χ0) is 21.3. The van der Waals surface area contributed by atoms with Crippen LogP contribution in [0.25, 0.3) is 0 Å². The van der Waals surface area contributed by atoms with Crippen LogP contribution in [0, 0.1) is 17.3 Å². The summed E-state index contributed by atoms with van der Waals surface area (Å²) in [5.41, 5.74) is -0.501. The molecular weight excluding hydrogens is 344 g/mol. The first kappa shape index (κ1) is 27.5. The fraction of sp³-hybridized carbons (Fsp3) is 0.962. The second-order valence-electron chi connectivity index (χ2n) is 10.1. The highest BCUT2D eigenvalue weighted by atomic mass is 16.4. The topological polar surface area (TPSA) is 37.3 Å². The highest BCUT2D eigenvalue weighted by Gasteiger charge is 2.38. The Balaban J connectivity index is 3.81. The van der Waals surface area contributed by atoms with E-state index in [1.54, 1.807) is 0 Å². The maximum Gasteiger partial charge on any atom is 0.309 e. The molecule has 2 heteroatoms. The number of hydrogen-bond acceptors (Lipinski definition) is 1. The molecule has 0 fully saturated rings. The number of carboxylic acid groups (broad SMARTS) is 1. The summed E-state index contributed by atoms with van der Waals surface area (Å²) < 4.78 is 0. The predicted molar refractivity (Wildman–Crippen MR) is 124 cm³/mol. The fourth-order valence-corrected chi connectivity index (χ4v) is 4.79. The van der Waals surface area contributed by atoms with E-state index in [0.29, 0.717) is 11.8 Å². The summed E-state index contributed by atoms with van der Waals surface area (Å²) in [4.78, 5) is 12.1. The molecule has 0 aromatic rings. The Kier molecular flexibility index (Phi) is 17.0. The SMILES string of the molecule is CCCCCCCCCCCCCCCCC(CC(C)C)(CC(C)C)C(=O)O. The molecule has 0 saturated heterocycles. The average Bonchev–Trinajstić information content (AvgIpc) is 2.60. The third-order valence-electron chi connectivity index (χ3n) is 6.06. The Labute approximate surface area is 177 Å². The van der Waals surface area contributed by atoms with E-state index < -0.39 is 11.4 Å². The Hall–Kier alpha value is -0.530. The van der Waals surface area contributed by atoms with Gasteiger partial charge in [0.05, 0.1) is 5.41 Å². The third kappa shape index (κ3) is 14.5. The monoisotopic (exact) mass is 396 g/mol. The molecule has 0 aromatic heterocycles. The summed E-state index contributed by atoms with van der Waals surface area (Å²) >= 11 is 0.